The van der Waals surface area contributed by atoms with Gasteiger partial charge in [-0.25, -0.2) is 4.98 Å². The molecular formula is C14H18N2O3S. The number of carboxylic acid groups (broad SMARTS) is 1. The molecule has 1 heterocycles. The number of thioether (sulfide) groups is 1. The van der Waals surface area contributed by atoms with E-state index in [9.17, 15) is 4.79 Å². The average molecular weight is 294 g/mol. The number of para-hydroxylation sites is 2. The second-order valence-corrected chi connectivity index (χ2v) is 5.83. The summed E-state index contributed by atoms with van der Waals surface area (Å²) in [5.74, 6) is -0.0518. The fourth-order valence-electron chi connectivity index (χ4n) is 1.84. The number of benzene rings is 1. The Morgan fingerprint density at radius 3 is 2.90 bits per heavy atom. The van der Waals surface area contributed by atoms with Crippen molar-refractivity contribution in [3.05, 3.63) is 24.3 Å². The number of nitrogens with zero attached hydrogens (tertiary/aromatic N) is 1. The first-order valence-electron chi connectivity index (χ1n) is 6.46. The molecule has 0 bridgehead atoms. The van der Waals surface area contributed by atoms with Crippen molar-refractivity contribution in [2.45, 2.75) is 30.5 Å². The summed E-state index contributed by atoms with van der Waals surface area (Å²) in [6.07, 6.45) is 1.33. The molecule has 0 saturated heterocycles. The van der Waals surface area contributed by atoms with E-state index in [1.54, 1.807) is 14.0 Å². The Morgan fingerprint density at radius 1 is 1.50 bits per heavy atom. The molecule has 108 valence electrons. The minimum atomic E-state index is -0.873. The molecule has 0 radical (unpaired) electrons. The standard InChI is InChI=1S/C14H18N2O3S/c1-14(15-2,12(17)18)8-5-9-20-13-16-10-6-3-4-7-11(10)19-13/h3-4,6-7,15H,5,8-9H2,1-2H3,(H,17,18). The van der Waals surface area contributed by atoms with Crippen LogP contribution in [0.5, 0.6) is 0 Å². The number of fused-ring (bicyclic) bond motifs is 1. The third-order valence-electron chi connectivity index (χ3n) is 3.34. The summed E-state index contributed by atoms with van der Waals surface area (Å²) in [6, 6.07) is 7.62. The zero-order chi connectivity index (χ0) is 14.6. The molecule has 5 nitrogen and oxygen atoms in total. The summed E-state index contributed by atoms with van der Waals surface area (Å²) in [7, 11) is 1.67. The van der Waals surface area contributed by atoms with Crippen LogP contribution in [-0.4, -0.2) is 34.4 Å². The van der Waals surface area contributed by atoms with Gasteiger partial charge in [-0.2, -0.15) is 0 Å². The van der Waals surface area contributed by atoms with Crippen molar-refractivity contribution in [2.24, 2.45) is 0 Å². The van der Waals surface area contributed by atoms with E-state index in [4.69, 9.17) is 9.52 Å². The highest BCUT2D eigenvalue weighted by Crippen LogP contribution is 2.25. The van der Waals surface area contributed by atoms with E-state index in [1.807, 2.05) is 24.3 Å². The monoisotopic (exact) mass is 294 g/mol. The highest BCUT2D eigenvalue weighted by atomic mass is 32.2. The summed E-state index contributed by atoms with van der Waals surface area (Å²) < 4.78 is 5.59. The van der Waals surface area contributed by atoms with Crippen molar-refractivity contribution in [3.63, 3.8) is 0 Å². The SMILES string of the molecule is CNC(C)(CCCSc1nc2ccccc2o1)C(=O)O. The molecule has 1 aromatic heterocycles. The maximum Gasteiger partial charge on any atom is 0.323 e. The number of hydrogen-bond acceptors (Lipinski definition) is 5. The Morgan fingerprint density at radius 2 is 2.25 bits per heavy atom. The molecule has 1 aromatic carbocycles. The summed E-state index contributed by atoms with van der Waals surface area (Å²) in [6.45, 7) is 1.69. The lowest BCUT2D eigenvalue weighted by Crippen LogP contribution is -2.47. The lowest BCUT2D eigenvalue weighted by atomic mass is 9.97. The van der Waals surface area contributed by atoms with Gasteiger partial charge in [0, 0.05) is 5.75 Å². The van der Waals surface area contributed by atoms with Crippen LogP contribution in [0, 0.1) is 0 Å². The molecule has 0 saturated carbocycles. The van der Waals surface area contributed by atoms with E-state index in [2.05, 4.69) is 10.3 Å². The molecule has 1 unspecified atom stereocenters. The van der Waals surface area contributed by atoms with Crippen molar-refractivity contribution in [2.75, 3.05) is 12.8 Å². The van der Waals surface area contributed by atoms with Crippen molar-refractivity contribution in [1.82, 2.24) is 10.3 Å². The minimum Gasteiger partial charge on any atom is -0.480 e. The van der Waals surface area contributed by atoms with E-state index in [0.717, 1.165) is 23.3 Å². The largest absolute Gasteiger partial charge is 0.480 e. The van der Waals surface area contributed by atoms with Crippen LogP contribution in [0.1, 0.15) is 19.8 Å². The Bertz CT molecular complexity index is 566. The number of hydrogen-bond donors (Lipinski definition) is 2. The molecule has 20 heavy (non-hydrogen) atoms. The molecule has 2 aromatic rings. The van der Waals surface area contributed by atoms with Gasteiger partial charge in [-0.3, -0.25) is 4.79 Å². The van der Waals surface area contributed by atoms with Crippen LogP contribution in [0.15, 0.2) is 33.9 Å². The van der Waals surface area contributed by atoms with Gasteiger partial charge in [0.1, 0.15) is 11.1 Å². The molecule has 0 amide bonds. The molecule has 0 spiro atoms. The Hall–Kier alpha value is -1.53. The summed E-state index contributed by atoms with van der Waals surface area (Å²) >= 11 is 1.51. The maximum absolute atomic E-state index is 11.1. The molecule has 2 N–H and O–H groups in total. The number of nitrogens with one attached hydrogen (secondary N) is 1. The van der Waals surface area contributed by atoms with Crippen LogP contribution in [-0.2, 0) is 4.79 Å². The summed E-state index contributed by atoms with van der Waals surface area (Å²) in [5, 5.41) is 12.6. The van der Waals surface area contributed by atoms with E-state index >= 15 is 0 Å². The average Bonchev–Trinajstić information content (AvgIpc) is 2.85. The first-order chi connectivity index (χ1) is 9.55. The minimum absolute atomic E-state index is 0.562. The number of likely N-dealkylation sites (N-methyl/N-ethyl adjacent to an activating group) is 1. The Balaban J connectivity index is 1.85. The summed E-state index contributed by atoms with van der Waals surface area (Å²) in [4.78, 5) is 15.5. The van der Waals surface area contributed by atoms with Crippen molar-refractivity contribution in [3.8, 4) is 0 Å². The number of carbonyl (C=O) groups is 1. The van der Waals surface area contributed by atoms with E-state index in [1.165, 1.54) is 11.8 Å². The van der Waals surface area contributed by atoms with Gasteiger partial charge >= 0.3 is 5.97 Å². The highest BCUT2D eigenvalue weighted by molar-refractivity contribution is 7.99. The van der Waals surface area contributed by atoms with E-state index in [0.29, 0.717) is 11.6 Å². The molecule has 1 atom stereocenters. The molecular weight excluding hydrogens is 276 g/mol. The van der Waals surface area contributed by atoms with Gasteiger partial charge in [0.2, 0.25) is 0 Å². The van der Waals surface area contributed by atoms with Crippen LogP contribution in [0.2, 0.25) is 0 Å². The van der Waals surface area contributed by atoms with Crippen molar-refractivity contribution in [1.29, 1.82) is 0 Å². The first kappa shape index (κ1) is 14.9. The first-order valence-corrected chi connectivity index (χ1v) is 7.44. The van der Waals surface area contributed by atoms with Crippen LogP contribution in [0.3, 0.4) is 0 Å². The fourth-order valence-corrected chi connectivity index (χ4v) is 2.61. The lowest BCUT2D eigenvalue weighted by Gasteiger charge is -2.23. The molecule has 0 aliphatic heterocycles. The van der Waals surface area contributed by atoms with Gasteiger partial charge in [-0.05, 0) is 38.9 Å². The van der Waals surface area contributed by atoms with Crippen LogP contribution >= 0.6 is 11.8 Å². The Labute approximate surface area is 121 Å². The third-order valence-corrected chi connectivity index (χ3v) is 4.26. The number of aliphatic carboxylic acids is 1. The molecule has 6 heteroatoms. The zero-order valence-electron chi connectivity index (χ0n) is 11.5. The van der Waals surface area contributed by atoms with Gasteiger partial charge in [0.05, 0.1) is 0 Å². The van der Waals surface area contributed by atoms with Crippen LogP contribution < -0.4 is 5.32 Å². The predicted molar refractivity (Wildman–Crippen MR) is 79.1 cm³/mol. The zero-order valence-corrected chi connectivity index (χ0v) is 12.4. The molecule has 2 rings (SSSR count). The van der Waals surface area contributed by atoms with E-state index in [-0.39, 0.29) is 0 Å². The molecule has 0 aliphatic carbocycles. The predicted octanol–water partition coefficient (Wildman–Crippen LogP) is 2.76. The van der Waals surface area contributed by atoms with Gasteiger partial charge in [-0.15, -0.1) is 0 Å². The number of aromatic nitrogens is 1. The fraction of sp³-hybridized carbons (Fsp3) is 0.429. The second-order valence-electron chi connectivity index (χ2n) is 4.79. The van der Waals surface area contributed by atoms with E-state index < -0.39 is 11.5 Å². The van der Waals surface area contributed by atoms with Gasteiger partial charge in [0.25, 0.3) is 5.22 Å². The number of carboxylic acids is 1. The van der Waals surface area contributed by atoms with Crippen molar-refractivity contribution < 1.29 is 14.3 Å². The van der Waals surface area contributed by atoms with Gasteiger partial charge in [0.15, 0.2) is 5.58 Å². The second kappa shape index (κ2) is 6.28. The number of oxazole rings is 1. The quantitative estimate of drug-likeness (QED) is 0.604. The maximum atomic E-state index is 11.1. The van der Waals surface area contributed by atoms with Crippen LogP contribution in [0.4, 0.5) is 0 Å². The van der Waals surface area contributed by atoms with Gasteiger partial charge < -0.3 is 14.8 Å². The van der Waals surface area contributed by atoms with Gasteiger partial charge in [-0.1, -0.05) is 23.9 Å². The Kier molecular flexibility index (Phi) is 4.67. The lowest BCUT2D eigenvalue weighted by molar-refractivity contribution is -0.144. The highest BCUT2D eigenvalue weighted by Gasteiger charge is 2.30. The molecule has 0 fully saturated rings. The third kappa shape index (κ3) is 3.32. The molecule has 0 aliphatic rings. The topological polar surface area (TPSA) is 75.4 Å². The van der Waals surface area contributed by atoms with Crippen LogP contribution in [0.25, 0.3) is 11.1 Å². The smallest absolute Gasteiger partial charge is 0.323 e. The number of rotatable bonds is 7. The normalized spacial score (nSPS) is 14.3. The van der Waals surface area contributed by atoms with Crippen molar-refractivity contribution >= 4 is 28.8 Å². The summed E-state index contributed by atoms with van der Waals surface area (Å²) in [5.41, 5.74) is 0.753.